The normalized spacial score (nSPS) is 16.2. The first-order valence-corrected chi connectivity index (χ1v) is 11.2. The Morgan fingerprint density at radius 3 is 2.23 bits per heavy atom. The average Bonchev–Trinajstić information content (AvgIpc) is 3.05. The maximum Gasteiger partial charge on any atom is 0.341 e. The number of aryl methyl sites for hydroxylation is 2. The fourth-order valence-electron chi connectivity index (χ4n) is 3.33. The first kappa shape index (κ1) is 24.5. The van der Waals surface area contributed by atoms with E-state index in [4.69, 9.17) is 16.3 Å². The van der Waals surface area contributed by atoms with Crippen LogP contribution in [0.15, 0.2) is 66.7 Å². The molecule has 0 aliphatic carbocycles. The van der Waals surface area contributed by atoms with Crippen LogP contribution in [0.1, 0.15) is 66.7 Å². The van der Waals surface area contributed by atoms with Gasteiger partial charge in [-0.05, 0) is 55.3 Å². The number of ether oxygens (including phenoxy) is 1. The van der Waals surface area contributed by atoms with Crippen LogP contribution in [0.5, 0.6) is 0 Å². The minimum atomic E-state index is -1.09. The second-order valence-corrected chi connectivity index (χ2v) is 7.69. The van der Waals surface area contributed by atoms with Crippen LogP contribution in [0.3, 0.4) is 0 Å². The van der Waals surface area contributed by atoms with Gasteiger partial charge in [-0.25, -0.2) is 4.79 Å². The van der Waals surface area contributed by atoms with Crippen LogP contribution in [0.4, 0.5) is 5.69 Å². The van der Waals surface area contributed by atoms with Crippen molar-refractivity contribution in [2.45, 2.75) is 53.7 Å². The van der Waals surface area contributed by atoms with Crippen LogP contribution in [0.25, 0.3) is 0 Å². The van der Waals surface area contributed by atoms with Crippen molar-refractivity contribution < 1.29 is 9.53 Å². The lowest BCUT2D eigenvalue weighted by Gasteiger charge is -2.32. The predicted molar refractivity (Wildman–Crippen MR) is 131 cm³/mol. The summed E-state index contributed by atoms with van der Waals surface area (Å²) in [6, 6.07) is 21.0. The first-order valence-electron chi connectivity index (χ1n) is 10.9. The van der Waals surface area contributed by atoms with Crippen molar-refractivity contribution >= 4 is 23.3 Å². The number of cyclic esters (lactones) is 1. The third-order valence-corrected chi connectivity index (χ3v) is 5.07. The van der Waals surface area contributed by atoms with Crippen molar-refractivity contribution in [2.24, 2.45) is 0 Å². The van der Waals surface area contributed by atoms with Crippen LogP contribution < -0.4 is 5.32 Å². The van der Waals surface area contributed by atoms with Crippen LogP contribution in [-0.4, -0.2) is 5.97 Å². The molecule has 0 radical (unpaired) electrons. The van der Waals surface area contributed by atoms with Crippen LogP contribution >= 0.6 is 11.6 Å². The fraction of sp³-hybridized carbons (Fsp3) is 0.296. The molecule has 0 saturated heterocycles. The molecule has 0 bridgehead atoms. The molecule has 31 heavy (non-hydrogen) atoms. The van der Waals surface area contributed by atoms with E-state index in [1.165, 1.54) is 12.0 Å². The van der Waals surface area contributed by atoms with Crippen molar-refractivity contribution in [1.82, 2.24) is 0 Å². The molecule has 1 aliphatic heterocycles. The molecule has 0 spiro atoms. The van der Waals surface area contributed by atoms with E-state index < -0.39 is 5.72 Å². The molecule has 4 heteroatoms. The molecule has 164 valence electrons. The van der Waals surface area contributed by atoms with Gasteiger partial charge in [-0.2, -0.15) is 0 Å². The van der Waals surface area contributed by atoms with Crippen molar-refractivity contribution in [2.75, 3.05) is 5.32 Å². The van der Waals surface area contributed by atoms with Gasteiger partial charge in [0.2, 0.25) is 5.72 Å². The number of fused-ring (bicyclic) bond motifs is 1. The largest absolute Gasteiger partial charge is 0.427 e. The van der Waals surface area contributed by atoms with E-state index in [9.17, 15) is 4.79 Å². The molecule has 0 aromatic heterocycles. The van der Waals surface area contributed by atoms with Gasteiger partial charge in [-0.1, -0.05) is 82.1 Å². The van der Waals surface area contributed by atoms with E-state index in [2.05, 4.69) is 39.1 Å². The molecule has 3 nitrogen and oxygen atoms in total. The molecule has 1 N–H and O–H groups in total. The summed E-state index contributed by atoms with van der Waals surface area (Å²) >= 11 is 6.15. The second kappa shape index (κ2) is 11.0. The topological polar surface area (TPSA) is 38.3 Å². The molecule has 0 saturated carbocycles. The smallest absolute Gasteiger partial charge is 0.341 e. The Morgan fingerprint density at radius 1 is 0.903 bits per heavy atom. The number of nitrogens with one attached hydrogen (secondary N) is 1. The van der Waals surface area contributed by atoms with Gasteiger partial charge in [0.15, 0.2) is 0 Å². The van der Waals surface area contributed by atoms with E-state index in [0.717, 1.165) is 22.4 Å². The van der Waals surface area contributed by atoms with Crippen LogP contribution in [-0.2, 0) is 10.5 Å². The Morgan fingerprint density at radius 2 is 1.58 bits per heavy atom. The predicted octanol–water partition coefficient (Wildman–Crippen LogP) is 7.88. The summed E-state index contributed by atoms with van der Waals surface area (Å²) in [6.07, 6.45) is 1.25. The number of hydrogen-bond donors (Lipinski definition) is 1. The number of carbonyl (C=O) groups excluding carboxylic acids is 1. The van der Waals surface area contributed by atoms with Crippen molar-refractivity contribution in [3.05, 3.63) is 99.6 Å². The van der Waals surface area contributed by atoms with Gasteiger partial charge in [-0.3, -0.25) is 0 Å². The van der Waals surface area contributed by atoms with Gasteiger partial charge in [0.1, 0.15) is 0 Å². The molecule has 0 fully saturated rings. The molecular weight excluding hydrogens is 406 g/mol. The summed E-state index contributed by atoms with van der Waals surface area (Å²) in [4.78, 5) is 12.6. The molecule has 0 amide bonds. The lowest BCUT2D eigenvalue weighted by atomic mass is 9.90. The van der Waals surface area contributed by atoms with E-state index >= 15 is 0 Å². The van der Waals surface area contributed by atoms with Gasteiger partial charge in [0.05, 0.1) is 5.56 Å². The molecule has 1 aliphatic rings. The second-order valence-electron chi connectivity index (χ2n) is 7.26. The minimum absolute atomic E-state index is 0.339. The fourth-order valence-corrected chi connectivity index (χ4v) is 3.52. The highest BCUT2D eigenvalue weighted by Gasteiger charge is 2.47. The summed E-state index contributed by atoms with van der Waals surface area (Å²) < 4.78 is 5.95. The number of anilines is 1. The van der Waals surface area contributed by atoms with Gasteiger partial charge >= 0.3 is 5.97 Å². The highest BCUT2D eigenvalue weighted by Crippen LogP contribution is 2.43. The minimum Gasteiger partial charge on any atom is -0.427 e. The molecule has 1 unspecified atom stereocenters. The highest BCUT2D eigenvalue weighted by atomic mass is 35.5. The zero-order chi connectivity index (χ0) is 23.0. The quantitative estimate of drug-likeness (QED) is 0.423. The molecule has 1 atom stereocenters. The Bertz CT molecular complexity index is 1030. The Labute approximate surface area is 191 Å². The lowest BCUT2D eigenvalue weighted by molar-refractivity contribution is 0.0212. The third-order valence-electron chi connectivity index (χ3n) is 4.83. The zero-order valence-electron chi connectivity index (χ0n) is 19.3. The SMILES string of the molecule is CC.CCC.Cc1ccc(C2(Nc3cccc(Cl)c3)OC(=O)c3ccccc32)cc1C. The number of halogens is 1. The lowest BCUT2D eigenvalue weighted by Crippen LogP contribution is -2.37. The third kappa shape index (κ3) is 5.29. The number of rotatable bonds is 3. The Hall–Kier alpha value is -2.78. The number of esters is 1. The molecule has 4 rings (SSSR count). The van der Waals surface area contributed by atoms with Gasteiger partial charge < -0.3 is 10.1 Å². The number of carbonyl (C=O) groups is 1. The van der Waals surface area contributed by atoms with E-state index in [-0.39, 0.29) is 5.97 Å². The number of hydrogen-bond acceptors (Lipinski definition) is 3. The van der Waals surface area contributed by atoms with Crippen LogP contribution in [0.2, 0.25) is 5.02 Å². The van der Waals surface area contributed by atoms with E-state index in [0.29, 0.717) is 10.6 Å². The maximum atomic E-state index is 12.6. The number of benzene rings is 3. The van der Waals surface area contributed by atoms with Gasteiger partial charge in [0.25, 0.3) is 0 Å². The standard InChI is InChI=1S/C22H18ClNO2.C3H8.C2H6/c1-14-10-11-16(12-15(14)2)22(24-18-7-5-6-17(23)13-18)20-9-4-3-8-19(20)21(25)26-22;1-3-2;1-2/h3-13,24H,1-2H3;3H2,1-2H3;1-2H3. The van der Waals surface area contributed by atoms with E-state index in [1.807, 2.05) is 68.4 Å². The molecule has 3 aromatic carbocycles. The van der Waals surface area contributed by atoms with Crippen LogP contribution in [0, 0.1) is 13.8 Å². The first-order chi connectivity index (χ1) is 14.9. The monoisotopic (exact) mass is 437 g/mol. The Kier molecular flexibility index (Phi) is 8.70. The molecule has 1 heterocycles. The zero-order valence-corrected chi connectivity index (χ0v) is 20.0. The average molecular weight is 438 g/mol. The summed E-state index contributed by atoms with van der Waals surface area (Å²) in [5, 5.41) is 4.03. The highest BCUT2D eigenvalue weighted by molar-refractivity contribution is 6.30. The maximum absolute atomic E-state index is 12.6. The summed E-state index contributed by atoms with van der Waals surface area (Å²) in [6.45, 7) is 12.4. The van der Waals surface area contributed by atoms with Gasteiger partial charge in [0, 0.05) is 21.8 Å². The van der Waals surface area contributed by atoms with E-state index in [1.54, 1.807) is 6.07 Å². The summed E-state index contributed by atoms with van der Waals surface area (Å²) in [5.41, 5.74) is 4.25. The van der Waals surface area contributed by atoms with Gasteiger partial charge in [-0.15, -0.1) is 0 Å². The molecule has 3 aromatic rings. The molecular formula is C27H32ClNO2. The summed E-state index contributed by atoms with van der Waals surface area (Å²) in [5.74, 6) is -0.339. The summed E-state index contributed by atoms with van der Waals surface area (Å²) in [7, 11) is 0. The Balaban J connectivity index is 0.000000630. The van der Waals surface area contributed by atoms with Crippen molar-refractivity contribution in [3.63, 3.8) is 0 Å². The van der Waals surface area contributed by atoms with Crippen molar-refractivity contribution in [1.29, 1.82) is 0 Å². The van der Waals surface area contributed by atoms with Crippen molar-refractivity contribution in [3.8, 4) is 0 Å².